The highest BCUT2D eigenvalue weighted by Gasteiger charge is 2.24. The van der Waals surface area contributed by atoms with E-state index in [1.807, 2.05) is 50.2 Å². The zero-order chi connectivity index (χ0) is 23.8. The van der Waals surface area contributed by atoms with Crippen molar-refractivity contribution < 1.29 is 4.74 Å². The highest BCUT2D eigenvalue weighted by Crippen LogP contribution is 2.34. The fourth-order valence-corrected chi connectivity index (χ4v) is 6.67. The molecule has 2 aromatic carbocycles. The Kier molecular flexibility index (Phi) is 6.71. The van der Waals surface area contributed by atoms with Crippen LogP contribution in [-0.4, -0.2) is 34.1 Å². The Bertz CT molecular complexity index is 1400. The zero-order valence-electron chi connectivity index (χ0n) is 19.4. The lowest BCUT2D eigenvalue weighted by molar-refractivity contribution is 0.242. The maximum absolute atomic E-state index is 13.9. The summed E-state index contributed by atoms with van der Waals surface area (Å²) in [6, 6.07) is 15.5. The number of thioether (sulfide) groups is 1. The summed E-state index contributed by atoms with van der Waals surface area (Å²) >= 11 is 9.50. The number of ether oxygens (including phenoxy) is 1. The molecule has 4 aromatic rings. The van der Waals surface area contributed by atoms with Gasteiger partial charge in [-0.15, -0.1) is 11.3 Å². The molecule has 0 bridgehead atoms. The third kappa shape index (κ3) is 4.75. The van der Waals surface area contributed by atoms with E-state index in [2.05, 4.69) is 24.1 Å². The Balaban J connectivity index is 1.56. The van der Waals surface area contributed by atoms with Gasteiger partial charge in [0.2, 0.25) is 0 Å². The predicted molar refractivity (Wildman–Crippen MR) is 142 cm³/mol. The Morgan fingerprint density at radius 3 is 2.74 bits per heavy atom. The van der Waals surface area contributed by atoms with Gasteiger partial charge in [-0.1, -0.05) is 41.6 Å². The second kappa shape index (κ2) is 9.74. The number of likely N-dealkylation sites (N-methyl/N-ethyl adjacent to an activating group) is 1. The van der Waals surface area contributed by atoms with Crippen molar-refractivity contribution in [2.45, 2.75) is 43.8 Å². The molecule has 1 aliphatic rings. The first-order chi connectivity index (χ1) is 16.4. The third-order valence-corrected chi connectivity index (χ3v) is 8.12. The number of halogens is 1. The molecule has 0 N–H and O–H groups in total. The molecule has 0 unspecified atom stereocenters. The Morgan fingerprint density at radius 1 is 1.21 bits per heavy atom. The summed E-state index contributed by atoms with van der Waals surface area (Å²) in [5.41, 5.74) is 3.02. The average molecular weight is 512 g/mol. The van der Waals surface area contributed by atoms with Crippen molar-refractivity contribution in [3.05, 3.63) is 79.9 Å². The summed E-state index contributed by atoms with van der Waals surface area (Å²) in [6.45, 7) is 5.84. The van der Waals surface area contributed by atoms with Crippen molar-refractivity contribution >= 4 is 44.9 Å². The van der Waals surface area contributed by atoms with Gasteiger partial charge in [0.05, 0.1) is 17.2 Å². The van der Waals surface area contributed by atoms with Crippen LogP contribution in [0.2, 0.25) is 5.02 Å². The lowest BCUT2D eigenvalue weighted by Gasteiger charge is -2.21. The summed E-state index contributed by atoms with van der Waals surface area (Å²) in [4.78, 5) is 23.2. The molecule has 3 heterocycles. The summed E-state index contributed by atoms with van der Waals surface area (Å²) in [5.74, 6) is 1.54. The van der Waals surface area contributed by atoms with Crippen molar-refractivity contribution in [2.75, 3.05) is 13.6 Å². The van der Waals surface area contributed by atoms with Crippen LogP contribution in [-0.2, 0) is 18.7 Å². The van der Waals surface area contributed by atoms with Crippen LogP contribution in [0.5, 0.6) is 5.75 Å². The maximum atomic E-state index is 13.9. The van der Waals surface area contributed by atoms with Gasteiger partial charge in [0.25, 0.3) is 5.56 Å². The highest BCUT2D eigenvalue weighted by atomic mass is 35.5. The predicted octanol–water partition coefficient (Wildman–Crippen LogP) is 6.17. The van der Waals surface area contributed by atoms with Crippen LogP contribution in [0.4, 0.5) is 0 Å². The smallest absolute Gasteiger partial charge is 0.267 e. The van der Waals surface area contributed by atoms with Gasteiger partial charge in [-0.25, -0.2) is 4.98 Å². The van der Waals surface area contributed by atoms with E-state index in [1.54, 1.807) is 27.7 Å². The second-order valence-electron chi connectivity index (χ2n) is 8.79. The van der Waals surface area contributed by atoms with Gasteiger partial charge < -0.3 is 9.64 Å². The lowest BCUT2D eigenvalue weighted by atomic mass is 10.1. The minimum Gasteiger partial charge on any atom is -0.491 e. The Hall–Kier alpha value is -2.32. The van der Waals surface area contributed by atoms with E-state index in [0.29, 0.717) is 15.9 Å². The fourth-order valence-electron chi connectivity index (χ4n) is 4.18. The molecular formula is C26H26ClN3O2S2. The number of aromatic nitrogens is 2. The van der Waals surface area contributed by atoms with Gasteiger partial charge in [-0.2, -0.15) is 0 Å². The average Bonchev–Trinajstić information content (AvgIpc) is 3.15. The molecule has 0 atom stereocenters. The van der Waals surface area contributed by atoms with E-state index in [9.17, 15) is 4.79 Å². The normalized spacial score (nSPS) is 14.0. The van der Waals surface area contributed by atoms with Crippen LogP contribution in [0.25, 0.3) is 15.9 Å². The van der Waals surface area contributed by atoms with Crippen LogP contribution in [0, 0.1) is 0 Å². The molecule has 1 aliphatic heterocycles. The van der Waals surface area contributed by atoms with E-state index in [4.69, 9.17) is 21.3 Å². The van der Waals surface area contributed by atoms with Crippen LogP contribution in [0.1, 0.15) is 29.9 Å². The van der Waals surface area contributed by atoms with E-state index in [-0.39, 0.29) is 11.7 Å². The third-order valence-electron chi connectivity index (χ3n) is 5.76. The zero-order valence-corrected chi connectivity index (χ0v) is 21.8. The highest BCUT2D eigenvalue weighted by molar-refractivity contribution is 7.98. The van der Waals surface area contributed by atoms with Gasteiger partial charge >= 0.3 is 0 Å². The van der Waals surface area contributed by atoms with E-state index in [0.717, 1.165) is 52.3 Å². The number of nitrogens with zero attached hydrogens (tertiary/aromatic N) is 3. The molecular weight excluding hydrogens is 486 g/mol. The monoisotopic (exact) mass is 511 g/mol. The van der Waals surface area contributed by atoms with Gasteiger partial charge in [0.15, 0.2) is 5.16 Å². The molecule has 0 amide bonds. The minimum absolute atomic E-state index is 0.0162. The van der Waals surface area contributed by atoms with Crippen molar-refractivity contribution in [1.82, 2.24) is 14.5 Å². The number of fused-ring (bicyclic) bond motifs is 3. The molecule has 0 radical (unpaired) electrons. The molecule has 5 rings (SSSR count). The second-order valence-corrected chi connectivity index (χ2v) is 11.2. The minimum atomic E-state index is -0.0162. The molecule has 0 fully saturated rings. The van der Waals surface area contributed by atoms with Crippen molar-refractivity contribution in [2.24, 2.45) is 0 Å². The number of hydrogen-bond donors (Lipinski definition) is 0. The van der Waals surface area contributed by atoms with E-state index >= 15 is 0 Å². The standard InChI is InChI=1S/C26H26ClN3O2S2/c1-16(2)32-20-9-7-17(8-10-20)15-33-26-28-24-23(21-11-12-29(3)14-22(21)34-24)25(31)30(26)19-6-4-5-18(27)13-19/h4-10,13,16H,11-12,14-15H2,1-3H3. The number of hydrogen-bond acceptors (Lipinski definition) is 6. The summed E-state index contributed by atoms with van der Waals surface area (Å²) in [6.07, 6.45) is 1.01. The summed E-state index contributed by atoms with van der Waals surface area (Å²) in [7, 11) is 2.11. The van der Waals surface area contributed by atoms with E-state index < -0.39 is 0 Å². The summed E-state index contributed by atoms with van der Waals surface area (Å²) in [5, 5.41) is 2.02. The number of rotatable bonds is 6. The molecule has 2 aromatic heterocycles. The SMILES string of the molecule is CC(C)Oc1ccc(CSc2nc3sc4c(c3c(=O)n2-c2cccc(Cl)c2)CCN(C)C4)cc1. The molecule has 0 spiro atoms. The fraction of sp³-hybridized carbons (Fsp3) is 0.308. The van der Waals surface area contributed by atoms with Crippen molar-refractivity contribution in [3.8, 4) is 11.4 Å². The quantitative estimate of drug-likeness (QED) is 0.229. The maximum Gasteiger partial charge on any atom is 0.267 e. The largest absolute Gasteiger partial charge is 0.491 e. The molecule has 0 aliphatic carbocycles. The first-order valence-electron chi connectivity index (χ1n) is 11.3. The topological polar surface area (TPSA) is 47.4 Å². The van der Waals surface area contributed by atoms with Crippen LogP contribution in [0.3, 0.4) is 0 Å². The molecule has 34 heavy (non-hydrogen) atoms. The van der Waals surface area contributed by atoms with Crippen molar-refractivity contribution in [1.29, 1.82) is 0 Å². The van der Waals surface area contributed by atoms with Crippen molar-refractivity contribution in [3.63, 3.8) is 0 Å². The Labute approximate surface area is 212 Å². The van der Waals surface area contributed by atoms with Gasteiger partial charge in [-0.3, -0.25) is 9.36 Å². The first kappa shape index (κ1) is 23.4. The van der Waals surface area contributed by atoms with E-state index in [1.165, 1.54) is 4.88 Å². The number of thiophene rings is 1. The first-order valence-corrected chi connectivity index (χ1v) is 13.5. The van der Waals surface area contributed by atoms with Crippen LogP contribution in [0.15, 0.2) is 58.5 Å². The molecule has 0 saturated heterocycles. The van der Waals surface area contributed by atoms with Crippen LogP contribution < -0.4 is 10.3 Å². The molecule has 0 saturated carbocycles. The summed E-state index contributed by atoms with van der Waals surface area (Å²) < 4.78 is 7.47. The molecule has 8 heteroatoms. The Morgan fingerprint density at radius 2 is 2.00 bits per heavy atom. The van der Waals surface area contributed by atoms with Gasteiger partial charge in [0.1, 0.15) is 10.6 Å². The molecule has 5 nitrogen and oxygen atoms in total. The van der Waals surface area contributed by atoms with Crippen LogP contribution >= 0.6 is 34.7 Å². The molecule has 176 valence electrons. The lowest BCUT2D eigenvalue weighted by Crippen LogP contribution is -2.27. The number of benzene rings is 2. The van der Waals surface area contributed by atoms with Gasteiger partial charge in [-0.05, 0) is 68.8 Å². The van der Waals surface area contributed by atoms with Gasteiger partial charge in [0, 0.05) is 28.7 Å².